The summed E-state index contributed by atoms with van der Waals surface area (Å²) in [6, 6.07) is 0. The Morgan fingerprint density at radius 2 is 2.22 bits per heavy atom. The SMILES string of the molecule is CCC(O)(OC)C(=O)O. The largest absolute Gasteiger partial charge is 0.477 e. The molecule has 0 amide bonds. The van der Waals surface area contributed by atoms with Crippen molar-refractivity contribution in [2.75, 3.05) is 7.11 Å². The monoisotopic (exact) mass is 134 g/mol. The average molecular weight is 134 g/mol. The van der Waals surface area contributed by atoms with Crippen LogP contribution in [0.25, 0.3) is 0 Å². The first-order valence-electron chi connectivity index (χ1n) is 2.57. The Morgan fingerprint density at radius 1 is 1.78 bits per heavy atom. The number of rotatable bonds is 3. The number of ether oxygens (including phenoxy) is 1. The van der Waals surface area contributed by atoms with Gasteiger partial charge in [-0.25, -0.2) is 4.79 Å². The summed E-state index contributed by atoms with van der Waals surface area (Å²) in [4.78, 5) is 10.1. The Morgan fingerprint density at radius 3 is 2.22 bits per heavy atom. The van der Waals surface area contributed by atoms with E-state index in [1.807, 2.05) is 0 Å². The summed E-state index contributed by atoms with van der Waals surface area (Å²) >= 11 is 0. The first-order chi connectivity index (χ1) is 4.06. The predicted molar refractivity (Wildman–Crippen MR) is 29.9 cm³/mol. The maximum absolute atomic E-state index is 10.1. The Hall–Kier alpha value is -0.610. The second-order valence-electron chi connectivity index (χ2n) is 1.65. The van der Waals surface area contributed by atoms with Gasteiger partial charge in [-0.15, -0.1) is 0 Å². The highest BCUT2D eigenvalue weighted by Gasteiger charge is 2.33. The summed E-state index contributed by atoms with van der Waals surface area (Å²) in [6.45, 7) is 1.53. The molecule has 9 heavy (non-hydrogen) atoms. The summed E-state index contributed by atoms with van der Waals surface area (Å²) < 4.78 is 4.30. The molecular weight excluding hydrogens is 124 g/mol. The minimum Gasteiger partial charge on any atom is -0.477 e. The Labute approximate surface area is 53.1 Å². The van der Waals surface area contributed by atoms with Gasteiger partial charge in [0.15, 0.2) is 0 Å². The molecule has 0 rings (SSSR count). The lowest BCUT2D eigenvalue weighted by Crippen LogP contribution is -2.39. The molecule has 0 aromatic rings. The van der Waals surface area contributed by atoms with Gasteiger partial charge in [-0.3, -0.25) is 0 Å². The van der Waals surface area contributed by atoms with E-state index in [0.717, 1.165) is 7.11 Å². The van der Waals surface area contributed by atoms with Gasteiger partial charge in [0.1, 0.15) is 0 Å². The number of carboxylic acids is 1. The zero-order valence-corrected chi connectivity index (χ0v) is 5.42. The van der Waals surface area contributed by atoms with E-state index in [1.165, 1.54) is 6.92 Å². The van der Waals surface area contributed by atoms with Gasteiger partial charge in [0, 0.05) is 13.5 Å². The van der Waals surface area contributed by atoms with E-state index in [9.17, 15) is 4.79 Å². The first kappa shape index (κ1) is 8.39. The molecule has 0 saturated heterocycles. The molecular formula is C5H10O4. The minimum absolute atomic E-state index is 0.0405. The second kappa shape index (κ2) is 2.80. The fraction of sp³-hybridized carbons (Fsp3) is 0.800. The van der Waals surface area contributed by atoms with Crippen molar-refractivity contribution in [1.82, 2.24) is 0 Å². The van der Waals surface area contributed by atoms with Crippen LogP contribution in [0.5, 0.6) is 0 Å². The third kappa shape index (κ3) is 1.65. The lowest BCUT2D eigenvalue weighted by molar-refractivity contribution is -0.214. The minimum atomic E-state index is -2.00. The molecule has 0 saturated carbocycles. The normalized spacial score (nSPS) is 16.8. The van der Waals surface area contributed by atoms with Crippen LogP contribution in [0.4, 0.5) is 0 Å². The highest BCUT2D eigenvalue weighted by Crippen LogP contribution is 2.09. The lowest BCUT2D eigenvalue weighted by Gasteiger charge is -2.18. The Kier molecular flexibility index (Phi) is 2.61. The molecule has 0 bridgehead atoms. The summed E-state index contributed by atoms with van der Waals surface area (Å²) in [6.07, 6.45) is 0.0405. The maximum atomic E-state index is 10.1. The van der Waals surface area contributed by atoms with Gasteiger partial charge in [0.25, 0.3) is 5.79 Å². The van der Waals surface area contributed by atoms with Crippen molar-refractivity contribution in [1.29, 1.82) is 0 Å². The van der Waals surface area contributed by atoms with Crippen molar-refractivity contribution in [3.8, 4) is 0 Å². The smallest absolute Gasteiger partial charge is 0.364 e. The quantitative estimate of drug-likeness (QED) is 0.525. The van der Waals surface area contributed by atoms with Crippen LogP contribution in [0.3, 0.4) is 0 Å². The molecule has 0 aliphatic heterocycles. The standard InChI is InChI=1S/C5H10O4/c1-3-5(8,9-2)4(6)7/h8H,3H2,1-2H3,(H,6,7). The van der Waals surface area contributed by atoms with Gasteiger partial charge in [-0.2, -0.15) is 0 Å². The number of carbonyl (C=O) groups is 1. The van der Waals surface area contributed by atoms with Crippen molar-refractivity contribution < 1.29 is 19.7 Å². The van der Waals surface area contributed by atoms with E-state index in [2.05, 4.69) is 4.74 Å². The van der Waals surface area contributed by atoms with Gasteiger partial charge in [0.05, 0.1) is 0 Å². The molecule has 1 unspecified atom stereocenters. The van der Waals surface area contributed by atoms with E-state index in [-0.39, 0.29) is 6.42 Å². The Bertz CT molecular complexity index is 106. The topological polar surface area (TPSA) is 66.8 Å². The third-order valence-electron chi connectivity index (χ3n) is 1.15. The van der Waals surface area contributed by atoms with Gasteiger partial charge in [-0.05, 0) is 0 Å². The van der Waals surface area contributed by atoms with E-state index >= 15 is 0 Å². The van der Waals surface area contributed by atoms with Crippen molar-refractivity contribution in [3.05, 3.63) is 0 Å². The highest BCUT2D eigenvalue weighted by atomic mass is 16.6. The molecule has 2 N–H and O–H groups in total. The summed E-state index contributed by atoms with van der Waals surface area (Å²) in [5, 5.41) is 17.1. The molecule has 0 spiro atoms. The molecule has 4 nitrogen and oxygen atoms in total. The molecule has 0 aliphatic carbocycles. The van der Waals surface area contributed by atoms with Gasteiger partial charge >= 0.3 is 5.97 Å². The van der Waals surface area contributed by atoms with Crippen LogP contribution >= 0.6 is 0 Å². The van der Waals surface area contributed by atoms with Gasteiger partial charge in [0.2, 0.25) is 0 Å². The number of hydrogen-bond acceptors (Lipinski definition) is 3. The molecule has 0 heterocycles. The van der Waals surface area contributed by atoms with Crippen LogP contribution in [0.2, 0.25) is 0 Å². The van der Waals surface area contributed by atoms with Gasteiger partial charge in [-0.1, -0.05) is 6.92 Å². The van der Waals surface area contributed by atoms with Crippen molar-refractivity contribution in [2.24, 2.45) is 0 Å². The zero-order chi connectivity index (χ0) is 7.49. The number of carboxylic acid groups (broad SMARTS) is 1. The number of aliphatic carboxylic acids is 1. The third-order valence-corrected chi connectivity index (χ3v) is 1.15. The van der Waals surface area contributed by atoms with Crippen LogP contribution in [-0.4, -0.2) is 29.1 Å². The van der Waals surface area contributed by atoms with Crippen molar-refractivity contribution >= 4 is 5.97 Å². The van der Waals surface area contributed by atoms with E-state index in [0.29, 0.717) is 0 Å². The van der Waals surface area contributed by atoms with Gasteiger partial charge < -0.3 is 14.9 Å². The molecule has 1 atom stereocenters. The zero-order valence-electron chi connectivity index (χ0n) is 5.42. The predicted octanol–water partition coefficient (Wildman–Crippen LogP) is -0.184. The molecule has 0 fully saturated rings. The molecule has 0 radical (unpaired) electrons. The van der Waals surface area contributed by atoms with Crippen molar-refractivity contribution in [3.63, 3.8) is 0 Å². The van der Waals surface area contributed by atoms with Crippen molar-refractivity contribution in [2.45, 2.75) is 19.1 Å². The fourth-order valence-corrected chi connectivity index (χ4v) is 0.383. The summed E-state index contributed by atoms with van der Waals surface area (Å²) in [5.41, 5.74) is 0. The summed E-state index contributed by atoms with van der Waals surface area (Å²) in [5.74, 6) is -3.35. The molecule has 4 heteroatoms. The van der Waals surface area contributed by atoms with Crippen LogP contribution < -0.4 is 0 Å². The molecule has 54 valence electrons. The highest BCUT2D eigenvalue weighted by molar-refractivity contribution is 5.75. The fourth-order valence-electron chi connectivity index (χ4n) is 0.383. The van der Waals surface area contributed by atoms with Crippen LogP contribution in [0.1, 0.15) is 13.3 Å². The molecule has 0 aromatic carbocycles. The lowest BCUT2D eigenvalue weighted by atomic mass is 10.2. The molecule has 0 aliphatic rings. The Balaban J connectivity index is 4.09. The molecule has 0 aromatic heterocycles. The van der Waals surface area contributed by atoms with E-state index in [1.54, 1.807) is 0 Å². The number of aliphatic hydroxyl groups is 1. The maximum Gasteiger partial charge on any atom is 0.364 e. The van der Waals surface area contributed by atoms with Crippen LogP contribution in [0.15, 0.2) is 0 Å². The first-order valence-corrected chi connectivity index (χ1v) is 2.57. The van der Waals surface area contributed by atoms with Crippen LogP contribution in [0, 0.1) is 0 Å². The second-order valence-corrected chi connectivity index (χ2v) is 1.65. The summed E-state index contributed by atoms with van der Waals surface area (Å²) in [7, 11) is 1.15. The van der Waals surface area contributed by atoms with E-state index in [4.69, 9.17) is 10.2 Å². The number of hydrogen-bond donors (Lipinski definition) is 2. The van der Waals surface area contributed by atoms with E-state index < -0.39 is 11.8 Å². The average Bonchev–Trinajstić information content (AvgIpc) is 1.86. The van der Waals surface area contributed by atoms with Crippen LogP contribution in [-0.2, 0) is 9.53 Å². The number of methoxy groups -OCH3 is 1.